The maximum Gasteiger partial charge on any atom is 0.238 e. The molecule has 0 spiro atoms. The molecule has 1 atom stereocenters. The van der Waals surface area contributed by atoms with Crippen molar-refractivity contribution in [3.05, 3.63) is 78.4 Å². The zero-order valence-electron chi connectivity index (χ0n) is 21.7. The lowest BCUT2D eigenvalue weighted by Gasteiger charge is -2.32. The van der Waals surface area contributed by atoms with Crippen molar-refractivity contribution in [2.75, 3.05) is 32.7 Å². The number of thioether (sulfide) groups is 1. The van der Waals surface area contributed by atoms with Gasteiger partial charge < -0.3 is 19.5 Å². The van der Waals surface area contributed by atoms with Gasteiger partial charge in [0, 0.05) is 24.7 Å². The van der Waals surface area contributed by atoms with Gasteiger partial charge in [0.05, 0.1) is 26.5 Å². The Kier molecular flexibility index (Phi) is 9.26. The Morgan fingerprint density at radius 3 is 2.55 bits per heavy atom. The summed E-state index contributed by atoms with van der Waals surface area (Å²) >= 11 is 1.30. The van der Waals surface area contributed by atoms with Crippen molar-refractivity contribution in [2.45, 2.75) is 25.0 Å². The van der Waals surface area contributed by atoms with Crippen LogP contribution in [0.3, 0.4) is 0 Å². The quantitative estimate of drug-likeness (QED) is 0.380. The molecule has 1 saturated heterocycles. The SMILES string of the molecule is CCOc1cccc(NC(=O)[C@H]2CC(=O)N(CCc3ccc(OC)c(OC)c3)C(=Nc3ccccc3)S2)c1. The molecule has 0 aliphatic carbocycles. The first-order valence-corrected chi connectivity index (χ1v) is 13.2. The van der Waals surface area contributed by atoms with Crippen LogP contribution in [0.1, 0.15) is 18.9 Å². The van der Waals surface area contributed by atoms with E-state index in [1.54, 1.807) is 31.3 Å². The largest absolute Gasteiger partial charge is 0.494 e. The van der Waals surface area contributed by atoms with Gasteiger partial charge in [-0.05, 0) is 55.3 Å². The average Bonchev–Trinajstić information content (AvgIpc) is 2.93. The highest BCUT2D eigenvalue weighted by molar-refractivity contribution is 8.15. The predicted molar refractivity (Wildman–Crippen MR) is 151 cm³/mol. The molecule has 3 aromatic carbocycles. The monoisotopic (exact) mass is 533 g/mol. The second-order valence-electron chi connectivity index (χ2n) is 8.48. The number of nitrogens with one attached hydrogen (secondary N) is 1. The van der Waals surface area contributed by atoms with Gasteiger partial charge in [-0.3, -0.25) is 14.5 Å². The van der Waals surface area contributed by atoms with E-state index in [4.69, 9.17) is 19.2 Å². The van der Waals surface area contributed by atoms with E-state index in [0.29, 0.717) is 53.4 Å². The van der Waals surface area contributed by atoms with E-state index in [1.165, 1.54) is 11.8 Å². The first-order chi connectivity index (χ1) is 18.5. The summed E-state index contributed by atoms with van der Waals surface area (Å²) in [6.07, 6.45) is 0.656. The third kappa shape index (κ3) is 6.86. The molecule has 4 rings (SSSR count). The van der Waals surface area contributed by atoms with Crippen molar-refractivity contribution in [3.63, 3.8) is 0 Å². The Bertz CT molecular complexity index is 1300. The van der Waals surface area contributed by atoms with E-state index in [1.807, 2.05) is 67.6 Å². The summed E-state index contributed by atoms with van der Waals surface area (Å²) in [5.74, 6) is 1.55. The number of ether oxygens (including phenoxy) is 3. The second kappa shape index (κ2) is 13.0. The van der Waals surface area contributed by atoms with Gasteiger partial charge in [-0.15, -0.1) is 0 Å². The Hall–Kier alpha value is -3.98. The minimum absolute atomic E-state index is 0.0708. The van der Waals surface area contributed by atoms with Crippen LogP contribution in [0, 0.1) is 0 Å². The fourth-order valence-corrected chi connectivity index (χ4v) is 5.13. The van der Waals surface area contributed by atoms with Crippen LogP contribution in [0.15, 0.2) is 77.8 Å². The maximum atomic E-state index is 13.3. The van der Waals surface area contributed by atoms with Crippen molar-refractivity contribution >= 4 is 40.1 Å². The van der Waals surface area contributed by atoms with Crippen LogP contribution in [0.2, 0.25) is 0 Å². The van der Waals surface area contributed by atoms with Gasteiger partial charge in [0.2, 0.25) is 11.8 Å². The van der Waals surface area contributed by atoms with Gasteiger partial charge in [0.25, 0.3) is 0 Å². The Labute approximate surface area is 227 Å². The van der Waals surface area contributed by atoms with Gasteiger partial charge in [0.15, 0.2) is 16.7 Å². The standard InChI is InChI=1S/C29H31N3O5S/c1-4-37-23-12-8-11-22(18-23)30-28(34)26-19-27(33)32(29(38-26)31-21-9-6-5-7-10-21)16-15-20-13-14-24(35-2)25(17-20)36-3/h5-14,17-18,26H,4,15-16,19H2,1-3H3,(H,30,34)/t26-/m1/s1. The van der Waals surface area contributed by atoms with Crippen LogP contribution < -0.4 is 19.5 Å². The molecule has 0 radical (unpaired) electrons. The summed E-state index contributed by atoms with van der Waals surface area (Å²) < 4.78 is 16.3. The van der Waals surface area contributed by atoms with Crippen molar-refractivity contribution in [2.24, 2.45) is 4.99 Å². The predicted octanol–water partition coefficient (Wildman–Crippen LogP) is 5.31. The lowest BCUT2D eigenvalue weighted by Crippen LogP contribution is -2.46. The van der Waals surface area contributed by atoms with E-state index < -0.39 is 5.25 Å². The molecule has 1 N–H and O–H groups in total. The number of nitrogens with zero attached hydrogens (tertiary/aromatic N) is 2. The van der Waals surface area contributed by atoms with E-state index >= 15 is 0 Å². The van der Waals surface area contributed by atoms with E-state index in [0.717, 1.165) is 5.56 Å². The van der Waals surface area contributed by atoms with Gasteiger partial charge in [-0.25, -0.2) is 4.99 Å². The molecule has 198 valence electrons. The minimum atomic E-state index is -0.613. The van der Waals surface area contributed by atoms with Crippen LogP contribution in [0.25, 0.3) is 0 Å². The number of hydrogen-bond donors (Lipinski definition) is 1. The molecule has 8 nitrogen and oxygen atoms in total. The molecule has 2 amide bonds. The van der Waals surface area contributed by atoms with Gasteiger partial charge in [-0.2, -0.15) is 0 Å². The number of carbonyl (C=O) groups excluding carboxylic acids is 2. The minimum Gasteiger partial charge on any atom is -0.494 e. The maximum absolute atomic E-state index is 13.3. The number of amidine groups is 1. The second-order valence-corrected chi connectivity index (χ2v) is 9.65. The molecule has 0 unspecified atom stereocenters. The lowest BCUT2D eigenvalue weighted by atomic mass is 10.1. The van der Waals surface area contributed by atoms with Gasteiger partial charge in [-0.1, -0.05) is 42.1 Å². The Morgan fingerprint density at radius 2 is 1.82 bits per heavy atom. The highest BCUT2D eigenvalue weighted by Crippen LogP contribution is 2.32. The summed E-state index contributed by atoms with van der Waals surface area (Å²) in [5.41, 5.74) is 2.32. The molecule has 1 aliphatic rings. The Balaban J connectivity index is 1.52. The molecule has 1 heterocycles. The number of para-hydroxylation sites is 1. The van der Waals surface area contributed by atoms with Crippen molar-refractivity contribution in [3.8, 4) is 17.2 Å². The van der Waals surface area contributed by atoms with Crippen LogP contribution in [0.4, 0.5) is 11.4 Å². The topological polar surface area (TPSA) is 89.5 Å². The fraction of sp³-hybridized carbons (Fsp3) is 0.276. The van der Waals surface area contributed by atoms with Crippen molar-refractivity contribution in [1.82, 2.24) is 4.90 Å². The zero-order valence-corrected chi connectivity index (χ0v) is 22.5. The molecular formula is C29H31N3O5S. The molecule has 1 fully saturated rings. The van der Waals surface area contributed by atoms with Crippen LogP contribution in [0.5, 0.6) is 17.2 Å². The third-order valence-corrected chi connectivity index (χ3v) is 7.09. The molecular weight excluding hydrogens is 502 g/mol. The normalized spacial score (nSPS) is 16.3. The molecule has 1 aliphatic heterocycles. The fourth-order valence-electron chi connectivity index (χ4n) is 4.00. The van der Waals surface area contributed by atoms with E-state index in [2.05, 4.69) is 5.32 Å². The first kappa shape index (κ1) is 27.1. The number of methoxy groups -OCH3 is 2. The molecule has 0 aromatic heterocycles. The zero-order chi connectivity index (χ0) is 26.9. The molecule has 0 bridgehead atoms. The summed E-state index contributed by atoms with van der Waals surface area (Å²) in [7, 11) is 3.19. The highest BCUT2D eigenvalue weighted by atomic mass is 32.2. The number of anilines is 1. The number of carbonyl (C=O) groups is 2. The number of amides is 2. The molecule has 3 aromatic rings. The summed E-state index contributed by atoms with van der Waals surface area (Å²) in [5, 5.41) is 2.80. The highest BCUT2D eigenvalue weighted by Gasteiger charge is 2.36. The Morgan fingerprint density at radius 1 is 1.03 bits per heavy atom. The summed E-state index contributed by atoms with van der Waals surface area (Å²) in [4.78, 5) is 32.9. The molecule has 38 heavy (non-hydrogen) atoms. The van der Waals surface area contributed by atoms with Crippen molar-refractivity contribution in [1.29, 1.82) is 0 Å². The third-order valence-electron chi connectivity index (χ3n) is 5.90. The number of rotatable bonds is 10. The van der Waals surface area contributed by atoms with Gasteiger partial charge >= 0.3 is 0 Å². The number of hydrogen-bond acceptors (Lipinski definition) is 7. The van der Waals surface area contributed by atoms with E-state index in [9.17, 15) is 9.59 Å². The molecule has 9 heteroatoms. The number of aliphatic imine (C=N–C) groups is 1. The van der Waals surface area contributed by atoms with Crippen LogP contribution in [-0.2, 0) is 16.0 Å². The summed E-state index contributed by atoms with van der Waals surface area (Å²) in [6, 6.07) is 22.3. The lowest BCUT2D eigenvalue weighted by molar-refractivity contribution is -0.129. The van der Waals surface area contributed by atoms with Crippen LogP contribution >= 0.6 is 11.8 Å². The average molecular weight is 534 g/mol. The van der Waals surface area contributed by atoms with Crippen molar-refractivity contribution < 1.29 is 23.8 Å². The summed E-state index contributed by atoms with van der Waals surface area (Å²) in [6.45, 7) is 2.85. The number of benzene rings is 3. The van der Waals surface area contributed by atoms with Crippen LogP contribution in [-0.4, -0.2) is 54.5 Å². The molecule has 0 saturated carbocycles. The first-order valence-electron chi connectivity index (χ1n) is 12.4. The van der Waals surface area contributed by atoms with Gasteiger partial charge in [0.1, 0.15) is 11.0 Å². The van der Waals surface area contributed by atoms with E-state index in [-0.39, 0.29) is 18.2 Å². The smallest absolute Gasteiger partial charge is 0.238 e.